The molecule has 3 heteroatoms. The lowest BCUT2D eigenvalue weighted by atomic mass is 10.6. The summed E-state index contributed by atoms with van der Waals surface area (Å²) < 4.78 is 1.71. The molecule has 0 aliphatic heterocycles. The molecule has 0 spiro atoms. The van der Waals surface area contributed by atoms with Gasteiger partial charge in [-0.05, 0) is 6.92 Å². The zero-order valence-electron chi connectivity index (χ0n) is 7.83. The van der Waals surface area contributed by atoms with E-state index in [0.717, 1.165) is 5.69 Å². The maximum absolute atomic E-state index is 6.95. The Labute approximate surface area is 73.3 Å². The van der Waals surface area contributed by atoms with E-state index in [9.17, 15) is 0 Å². The number of aryl methyl sites for hydroxylation is 1. The first kappa shape index (κ1) is 10.6. The first-order valence-corrected chi connectivity index (χ1v) is 3.96. The van der Waals surface area contributed by atoms with Crippen molar-refractivity contribution in [3.8, 4) is 0 Å². The number of nitrogens with one attached hydrogen (secondary N) is 1. The molecule has 0 aliphatic rings. The summed E-state index contributed by atoms with van der Waals surface area (Å²) in [6.45, 7) is 9.45. The smallest absolute Gasteiger partial charge is 0.154 e. The molecular formula is C9H15N3. The summed E-state index contributed by atoms with van der Waals surface area (Å²) in [5, 5.41) is 6.95. The van der Waals surface area contributed by atoms with Crippen molar-refractivity contribution in [1.82, 2.24) is 9.55 Å². The summed E-state index contributed by atoms with van der Waals surface area (Å²) in [4.78, 5) is 4.05. The van der Waals surface area contributed by atoms with Crippen LogP contribution in [0, 0.1) is 12.3 Å². The van der Waals surface area contributed by atoms with Gasteiger partial charge in [-0.2, -0.15) is 0 Å². The van der Waals surface area contributed by atoms with E-state index in [1.807, 2.05) is 27.0 Å². The molecule has 1 heterocycles. The highest BCUT2D eigenvalue weighted by Gasteiger charge is 1.96. The van der Waals surface area contributed by atoms with Crippen LogP contribution in [0.4, 0.5) is 0 Å². The van der Waals surface area contributed by atoms with Crippen LogP contribution in [0.5, 0.6) is 0 Å². The molecule has 0 saturated carbocycles. The van der Waals surface area contributed by atoms with E-state index >= 15 is 0 Å². The fourth-order valence-electron chi connectivity index (χ4n) is 0.788. The number of hydrogen-bond donors (Lipinski definition) is 1. The van der Waals surface area contributed by atoms with Crippen LogP contribution < -0.4 is 0 Å². The van der Waals surface area contributed by atoms with Crippen molar-refractivity contribution in [3.05, 3.63) is 24.3 Å². The number of hydrogen-bond acceptors (Lipinski definition) is 2. The summed E-state index contributed by atoms with van der Waals surface area (Å²) in [5.41, 5.74) is 0.901. The van der Waals surface area contributed by atoms with Crippen molar-refractivity contribution < 1.29 is 0 Å². The van der Waals surface area contributed by atoms with Crippen LogP contribution in [0.3, 0.4) is 0 Å². The van der Waals surface area contributed by atoms with Crippen LogP contribution in [0.15, 0.2) is 12.8 Å². The fraction of sp³-hybridized carbons (Fsp3) is 0.333. The minimum atomic E-state index is 0.618. The molecule has 0 aromatic carbocycles. The van der Waals surface area contributed by atoms with E-state index in [1.54, 1.807) is 10.8 Å². The fourth-order valence-corrected chi connectivity index (χ4v) is 0.788. The summed E-state index contributed by atoms with van der Waals surface area (Å²) >= 11 is 0. The average molecular weight is 165 g/mol. The third kappa shape index (κ3) is 2.34. The second-order valence-electron chi connectivity index (χ2n) is 1.97. The summed E-state index contributed by atoms with van der Waals surface area (Å²) in [7, 11) is 0. The Balaban J connectivity index is 0.000000561. The molecule has 0 fully saturated rings. The Kier molecular flexibility index (Phi) is 4.69. The van der Waals surface area contributed by atoms with Gasteiger partial charge in [-0.1, -0.05) is 20.4 Å². The van der Waals surface area contributed by atoms with Gasteiger partial charge in [0.05, 0.1) is 11.9 Å². The SMILES string of the molecule is C=Cn1cc(C)nc1C=N.CC. The minimum Gasteiger partial charge on any atom is -0.306 e. The van der Waals surface area contributed by atoms with Gasteiger partial charge in [0.2, 0.25) is 0 Å². The highest BCUT2D eigenvalue weighted by molar-refractivity contribution is 5.73. The Morgan fingerprint density at radius 3 is 2.50 bits per heavy atom. The third-order valence-electron chi connectivity index (χ3n) is 1.21. The van der Waals surface area contributed by atoms with Crippen molar-refractivity contribution in [2.45, 2.75) is 20.8 Å². The van der Waals surface area contributed by atoms with Crippen molar-refractivity contribution in [2.75, 3.05) is 0 Å². The highest BCUT2D eigenvalue weighted by Crippen LogP contribution is 1.98. The van der Waals surface area contributed by atoms with Crippen LogP contribution in [0.25, 0.3) is 6.20 Å². The molecule has 1 aromatic rings. The Morgan fingerprint density at radius 2 is 2.17 bits per heavy atom. The molecule has 1 N–H and O–H groups in total. The average Bonchev–Trinajstić information content (AvgIpc) is 2.49. The van der Waals surface area contributed by atoms with Gasteiger partial charge in [0.1, 0.15) is 0 Å². The van der Waals surface area contributed by atoms with Gasteiger partial charge >= 0.3 is 0 Å². The maximum atomic E-state index is 6.95. The Bertz CT molecular complexity index is 235. The van der Waals surface area contributed by atoms with Gasteiger partial charge in [-0.3, -0.25) is 0 Å². The van der Waals surface area contributed by atoms with E-state index < -0.39 is 0 Å². The van der Waals surface area contributed by atoms with Gasteiger partial charge in [-0.25, -0.2) is 4.98 Å². The Morgan fingerprint density at radius 1 is 1.58 bits per heavy atom. The van der Waals surface area contributed by atoms with E-state index in [-0.39, 0.29) is 0 Å². The van der Waals surface area contributed by atoms with Gasteiger partial charge < -0.3 is 9.98 Å². The number of imidazole rings is 1. The predicted molar refractivity (Wildman–Crippen MR) is 52.6 cm³/mol. The Hall–Kier alpha value is -1.38. The molecular weight excluding hydrogens is 150 g/mol. The lowest BCUT2D eigenvalue weighted by Gasteiger charge is -1.90. The topological polar surface area (TPSA) is 41.7 Å². The quantitative estimate of drug-likeness (QED) is 0.671. The normalized spacial score (nSPS) is 8.25. The van der Waals surface area contributed by atoms with Crippen LogP contribution in [0.2, 0.25) is 0 Å². The van der Waals surface area contributed by atoms with Gasteiger partial charge in [-0.15, -0.1) is 0 Å². The van der Waals surface area contributed by atoms with Crippen molar-refractivity contribution in [2.24, 2.45) is 0 Å². The lowest BCUT2D eigenvalue weighted by molar-refractivity contribution is 1.11. The molecule has 0 aliphatic carbocycles. The molecule has 0 atom stereocenters. The van der Waals surface area contributed by atoms with Crippen molar-refractivity contribution in [3.63, 3.8) is 0 Å². The van der Waals surface area contributed by atoms with Crippen LogP contribution >= 0.6 is 0 Å². The molecule has 0 unspecified atom stereocenters. The number of aromatic nitrogens is 2. The van der Waals surface area contributed by atoms with E-state index in [1.165, 1.54) is 6.21 Å². The summed E-state index contributed by atoms with van der Waals surface area (Å²) in [5.74, 6) is 0.618. The monoisotopic (exact) mass is 165 g/mol. The van der Waals surface area contributed by atoms with E-state index in [4.69, 9.17) is 5.41 Å². The van der Waals surface area contributed by atoms with Crippen LogP contribution in [-0.4, -0.2) is 15.8 Å². The zero-order valence-corrected chi connectivity index (χ0v) is 7.83. The second kappa shape index (κ2) is 5.29. The molecule has 1 rings (SSSR count). The number of nitrogens with zero attached hydrogens (tertiary/aromatic N) is 2. The summed E-state index contributed by atoms with van der Waals surface area (Å²) in [6.07, 6.45) is 4.66. The highest BCUT2D eigenvalue weighted by atomic mass is 15.1. The van der Waals surface area contributed by atoms with E-state index in [2.05, 4.69) is 11.6 Å². The summed E-state index contributed by atoms with van der Waals surface area (Å²) in [6, 6.07) is 0. The molecule has 0 amide bonds. The maximum Gasteiger partial charge on any atom is 0.154 e. The van der Waals surface area contributed by atoms with Crippen LogP contribution in [-0.2, 0) is 0 Å². The lowest BCUT2D eigenvalue weighted by Crippen LogP contribution is -1.91. The third-order valence-corrected chi connectivity index (χ3v) is 1.21. The van der Waals surface area contributed by atoms with E-state index in [0.29, 0.717) is 5.82 Å². The first-order chi connectivity index (χ1) is 5.77. The minimum absolute atomic E-state index is 0.618. The van der Waals surface area contributed by atoms with Gasteiger partial charge in [0, 0.05) is 12.4 Å². The molecule has 66 valence electrons. The second-order valence-corrected chi connectivity index (χ2v) is 1.97. The standard InChI is InChI=1S/C7H9N3.C2H6/c1-3-10-5-6(2)9-7(10)4-8;1-2/h3-5,8H,1H2,2H3;1-2H3. The predicted octanol–water partition coefficient (Wildman–Crippen LogP) is 2.32. The largest absolute Gasteiger partial charge is 0.306 e. The van der Waals surface area contributed by atoms with Gasteiger partial charge in [0.15, 0.2) is 5.82 Å². The zero-order chi connectivity index (χ0) is 9.56. The molecule has 0 saturated heterocycles. The van der Waals surface area contributed by atoms with Crippen LogP contribution in [0.1, 0.15) is 25.4 Å². The molecule has 1 aromatic heterocycles. The number of rotatable bonds is 2. The van der Waals surface area contributed by atoms with Crippen molar-refractivity contribution in [1.29, 1.82) is 5.41 Å². The molecule has 0 bridgehead atoms. The molecule has 3 nitrogen and oxygen atoms in total. The molecule has 12 heavy (non-hydrogen) atoms. The van der Waals surface area contributed by atoms with Gasteiger partial charge in [0.25, 0.3) is 0 Å². The van der Waals surface area contributed by atoms with Crippen molar-refractivity contribution >= 4 is 12.4 Å². The first-order valence-electron chi connectivity index (χ1n) is 3.96. The molecule has 0 radical (unpaired) electrons.